The first kappa shape index (κ1) is 14.8. The number of rotatable bonds is 2. The highest BCUT2D eigenvalue weighted by molar-refractivity contribution is 14.1. The predicted octanol–water partition coefficient (Wildman–Crippen LogP) is 5.47. The van der Waals surface area contributed by atoms with Crippen LogP contribution in [0.15, 0.2) is 39.8 Å². The molecule has 2 rings (SSSR count). The molecule has 19 heavy (non-hydrogen) atoms. The number of benzene rings is 2. The normalized spacial score (nSPS) is 11.2. The first-order chi connectivity index (χ1) is 8.97. The van der Waals surface area contributed by atoms with Crippen LogP contribution in [0.5, 0.6) is 5.75 Å². The molecule has 0 saturated carbocycles. The molecule has 0 bridgehead atoms. The van der Waals surface area contributed by atoms with E-state index < -0.39 is 0 Å². The third-order valence-corrected chi connectivity index (χ3v) is 4.09. The van der Waals surface area contributed by atoms with Gasteiger partial charge in [-0.1, -0.05) is 33.6 Å². The molecule has 98 valence electrons. The Labute approximate surface area is 138 Å². The summed E-state index contributed by atoms with van der Waals surface area (Å²) >= 11 is 11.4. The number of hydrogen-bond donors (Lipinski definition) is 1. The van der Waals surface area contributed by atoms with E-state index in [2.05, 4.69) is 43.5 Å². The van der Waals surface area contributed by atoms with E-state index in [0.717, 1.165) is 19.3 Å². The SMILES string of the molecule is Cc1ccc(Cl)cc1N=Cc1cc(Br)cc(I)c1O. The Morgan fingerprint density at radius 1 is 1.32 bits per heavy atom. The van der Waals surface area contributed by atoms with Gasteiger partial charge in [0.2, 0.25) is 0 Å². The van der Waals surface area contributed by atoms with Crippen molar-refractivity contribution < 1.29 is 5.11 Å². The zero-order chi connectivity index (χ0) is 14.0. The monoisotopic (exact) mass is 449 g/mol. The molecule has 0 spiro atoms. The number of aromatic hydroxyl groups is 1. The fourth-order valence-corrected chi connectivity index (χ4v) is 3.26. The number of aliphatic imine (C=N–C) groups is 1. The van der Waals surface area contributed by atoms with Crippen molar-refractivity contribution in [2.24, 2.45) is 4.99 Å². The molecule has 0 aliphatic heterocycles. The molecule has 0 radical (unpaired) electrons. The van der Waals surface area contributed by atoms with Gasteiger partial charge in [-0.25, -0.2) is 0 Å². The van der Waals surface area contributed by atoms with E-state index in [-0.39, 0.29) is 5.75 Å². The molecule has 0 atom stereocenters. The van der Waals surface area contributed by atoms with E-state index in [1.54, 1.807) is 12.3 Å². The van der Waals surface area contributed by atoms with Crippen molar-refractivity contribution in [3.63, 3.8) is 0 Å². The Hall–Kier alpha value is -0.590. The molecule has 2 aromatic carbocycles. The van der Waals surface area contributed by atoms with Crippen molar-refractivity contribution >= 4 is 62.0 Å². The summed E-state index contributed by atoms with van der Waals surface area (Å²) in [6.07, 6.45) is 1.64. The van der Waals surface area contributed by atoms with E-state index in [1.165, 1.54) is 0 Å². The lowest BCUT2D eigenvalue weighted by molar-refractivity contribution is 0.470. The third kappa shape index (κ3) is 3.70. The van der Waals surface area contributed by atoms with E-state index in [1.807, 2.05) is 31.2 Å². The minimum atomic E-state index is 0.229. The Balaban J connectivity index is 2.40. The van der Waals surface area contributed by atoms with Gasteiger partial charge < -0.3 is 5.11 Å². The number of nitrogens with zero attached hydrogens (tertiary/aromatic N) is 1. The summed E-state index contributed by atoms with van der Waals surface area (Å²) in [6.45, 7) is 1.97. The molecule has 2 nitrogen and oxygen atoms in total. The van der Waals surface area contributed by atoms with Crippen LogP contribution in [0.3, 0.4) is 0 Å². The molecule has 0 heterocycles. The van der Waals surface area contributed by atoms with Crippen LogP contribution in [0.1, 0.15) is 11.1 Å². The highest BCUT2D eigenvalue weighted by Crippen LogP contribution is 2.29. The molecule has 2 aromatic rings. The summed E-state index contributed by atoms with van der Waals surface area (Å²) in [5.41, 5.74) is 2.49. The first-order valence-electron chi connectivity index (χ1n) is 5.45. The molecular formula is C14H10BrClINO. The molecule has 0 aliphatic rings. The fourth-order valence-electron chi connectivity index (χ4n) is 1.55. The smallest absolute Gasteiger partial charge is 0.137 e. The van der Waals surface area contributed by atoms with Crippen LogP contribution in [0.2, 0.25) is 5.02 Å². The number of aryl methyl sites for hydroxylation is 1. The lowest BCUT2D eigenvalue weighted by atomic mass is 10.2. The van der Waals surface area contributed by atoms with E-state index in [4.69, 9.17) is 11.6 Å². The quantitative estimate of drug-likeness (QED) is 0.478. The van der Waals surface area contributed by atoms with Crippen LogP contribution in [0, 0.1) is 10.5 Å². The van der Waals surface area contributed by atoms with Crippen LogP contribution < -0.4 is 0 Å². The molecule has 0 aliphatic carbocycles. The minimum Gasteiger partial charge on any atom is -0.506 e. The second-order valence-corrected chi connectivity index (χ2v) is 6.53. The molecule has 0 saturated heterocycles. The Kier molecular flexibility index (Phi) is 4.86. The van der Waals surface area contributed by atoms with Gasteiger partial charge in [-0.2, -0.15) is 0 Å². The highest BCUT2D eigenvalue weighted by Gasteiger charge is 2.05. The Morgan fingerprint density at radius 3 is 2.79 bits per heavy atom. The largest absolute Gasteiger partial charge is 0.506 e. The Bertz CT molecular complexity index is 658. The summed E-state index contributed by atoms with van der Waals surface area (Å²) in [5, 5.41) is 10.6. The zero-order valence-corrected chi connectivity index (χ0v) is 14.5. The van der Waals surface area contributed by atoms with Crippen LogP contribution in [0.25, 0.3) is 0 Å². The maximum Gasteiger partial charge on any atom is 0.137 e. The van der Waals surface area contributed by atoms with Gasteiger partial charge >= 0.3 is 0 Å². The molecule has 0 unspecified atom stereocenters. The second-order valence-electron chi connectivity index (χ2n) is 4.01. The van der Waals surface area contributed by atoms with E-state index >= 15 is 0 Å². The molecular weight excluding hydrogens is 440 g/mol. The van der Waals surface area contributed by atoms with Gasteiger partial charge in [0.25, 0.3) is 0 Å². The van der Waals surface area contributed by atoms with Crippen molar-refractivity contribution in [1.29, 1.82) is 0 Å². The summed E-state index contributed by atoms with van der Waals surface area (Å²) in [6, 6.07) is 9.21. The van der Waals surface area contributed by atoms with Gasteiger partial charge in [0.1, 0.15) is 5.75 Å². The van der Waals surface area contributed by atoms with Crippen LogP contribution >= 0.6 is 50.1 Å². The average Bonchev–Trinajstić information content (AvgIpc) is 2.35. The molecule has 0 fully saturated rings. The van der Waals surface area contributed by atoms with Crippen LogP contribution in [-0.2, 0) is 0 Å². The fraction of sp³-hybridized carbons (Fsp3) is 0.0714. The maximum absolute atomic E-state index is 9.98. The number of phenols is 1. The number of phenolic OH excluding ortho intramolecular Hbond substituents is 1. The molecule has 5 heteroatoms. The molecule has 1 N–H and O–H groups in total. The van der Waals surface area contributed by atoms with Gasteiger partial charge in [-0.3, -0.25) is 4.99 Å². The topological polar surface area (TPSA) is 32.6 Å². The van der Waals surface area contributed by atoms with Gasteiger partial charge in [-0.05, 0) is 59.3 Å². The van der Waals surface area contributed by atoms with E-state index in [9.17, 15) is 5.11 Å². The summed E-state index contributed by atoms with van der Waals surface area (Å²) in [7, 11) is 0. The lowest BCUT2D eigenvalue weighted by Crippen LogP contribution is -1.86. The lowest BCUT2D eigenvalue weighted by Gasteiger charge is -2.04. The first-order valence-corrected chi connectivity index (χ1v) is 7.70. The highest BCUT2D eigenvalue weighted by atomic mass is 127. The van der Waals surface area contributed by atoms with Gasteiger partial charge in [0, 0.05) is 21.3 Å². The number of hydrogen-bond acceptors (Lipinski definition) is 2. The minimum absolute atomic E-state index is 0.229. The maximum atomic E-state index is 9.98. The second kappa shape index (κ2) is 6.24. The van der Waals surface area contributed by atoms with Crippen LogP contribution in [-0.4, -0.2) is 11.3 Å². The predicted molar refractivity (Wildman–Crippen MR) is 92.0 cm³/mol. The number of halogens is 3. The summed E-state index contributed by atoms with van der Waals surface area (Å²) in [4.78, 5) is 4.39. The van der Waals surface area contributed by atoms with Gasteiger partial charge in [-0.15, -0.1) is 0 Å². The average molecular weight is 451 g/mol. The molecule has 0 aromatic heterocycles. The molecule has 0 amide bonds. The summed E-state index contributed by atoms with van der Waals surface area (Å²) in [5.74, 6) is 0.229. The standard InChI is InChI=1S/C14H10BrClINO/c1-8-2-3-11(16)6-13(8)18-7-9-4-10(15)5-12(17)14(9)19/h2-7,19H,1H3. The van der Waals surface area contributed by atoms with Gasteiger partial charge in [0.05, 0.1) is 9.26 Å². The van der Waals surface area contributed by atoms with Crippen molar-refractivity contribution in [3.8, 4) is 5.75 Å². The van der Waals surface area contributed by atoms with E-state index in [0.29, 0.717) is 10.6 Å². The van der Waals surface area contributed by atoms with Crippen LogP contribution in [0.4, 0.5) is 5.69 Å². The Morgan fingerprint density at radius 2 is 2.05 bits per heavy atom. The van der Waals surface area contributed by atoms with Crippen molar-refractivity contribution in [2.45, 2.75) is 6.92 Å². The third-order valence-electron chi connectivity index (χ3n) is 2.57. The van der Waals surface area contributed by atoms with Crippen molar-refractivity contribution in [1.82, 2.24) is 0 Å². The summed E-state index contributed by atoms with van der Waals surface area (Å²) < 4.78 is 1.68. The van der Waals surface area contributed by atoms with Crippen molar-refractivity contribution in [2.75, 3.05) is 0 Å². The zero-order valence-electron chi connectivity index (χ0n) is 9.99. The van der Waals surface area contributed by atoms with Gasteiger partial charge in [0.15, 0.2) is 0 Å². The van der Waals surface area contributed by atoms with Crippen molar-refractivity contribution in [3.05, 3.63) is 54.5 Å².